The van der Waals surface area contributed by atoms with Gasteiger partial charge in [-0.2, -0.15) is 0 Å². The molecular weight excluding hydrogens is 287 g/mol. The summed E-state index contributed by atoms with van der Waals surface area (Å²) in [5.74, 6) is 0. The summed E-state index contributed by atoms with van der Waals surface area (Å²) in [4.78, 5) is 8.24. The number of rotatable bonds is 1. The van der Waals surface area contributed by atoms with Crippen LogP contribution in [0.4, 0.5) is 0 Å². The van der Waals surface area contributed by atoms with Crippen LogP contribution in [-0.2, 0) is 5.33 Å². The maximum absolute atomic E-state index is 5.77. The van der Waals surface area contributed by atoms with Gasteiger partial charge in [0.15, 0.2) is 10.3 Å². The molecular formula is C9H5BrCl2N2. The molecule has 14 heavy (non-hydrogen) atoms. The average molecular weight is 292 g/mol. The molecule has 0 aliphatic rings. The van der Waals surface area contributed by atoms with Gasteiger partial charge in [0, 0.05) is 5.33 Å². The quantitative estimate of drug-likeness (QED) is 0.746. The van der Waals surface area contributed by atoms with Crippen molar-refractivity contribution in [1.29, 1.82) is 0 Å². The van der Waals surface area contributed by atoms with Gasteiger partial charge in [0.1, 0.15) is 0 Å². The van der Waals surface area contributed by atoms with E-state index in [0.29, 0.717) is 0 Å². The molecule has 0 saturated heterocycles. The molecule has 2 nitrogen and oxygen atoms in total. The molecule has 0 radical (unpaired) electrons. The Hall–Kier alpha value is -0.380. The molecule has 0 amide bonds. The fourth-order valence-electron chi connectivity index (χ4n) is 1.14. The topological polar surface area (TPSA) is 25.8 Å². The van der Waals surface area contributed by atoms with Crippen molar-refractivity contribution >= 4 is 50.2 Å². The molecule has 1 aromatic carbocycles. The second-order valence-corrected chi connectivity index (χ2v) is 4.04. The number of benzene rings is 1. The van der Waals surface area contributed by atoms with Gasteiger partial charge in [-0.15, -0.1) is 0 Å². The predicted octanol–water partition coefficient (Wildman–Crippen LogP) is 3.83. The van der Waals surface area contributed by atoms with Gasteiger partial charge in [0.25, 0.3) is 0 Å². The number of fused-ring (bicyclic) bond motifs is 1. The highest BCUT2D eigenvalue weighted by atomic mass is 79.9. The van der Waals surface area contributed by atoms with Crippen LogP contribution in [0.2, 0.25) is 10.3 Å². The zero-order valence-corrected chi connectivity index (χ0v) is 10.1. The molecule has 72 valence electrons. The second kappa shape index (κ2) is 4.01. The predicted molar refractivity (Wildman–Crippen MR) is 62.2 cm³/mol. The van der Waals surface area contributed by atoms with Crippen molar-refractivity contribution in [3.8, 4) is 0 Å². The summed E-state index contributed by atoms with van der Waals surface area (Å²) in [6, 6.07) is 5.77. The Labute approximate surface area is 99.4 Å². The lowest BCUT2D eigenvalue weighted by atomic mass is 10.2. The van der Waals surface area contributed by atoms with Gasteiger partial charge in [-0.3, -0.25) is 0 Å². The summed E-state index contributed by atoms with van der Waals surface area (Å²) >= 11 is 14.9. The maximum atomic E-state index is 5.77. The summed E-state index contributed by atoms with van der Waals surface area (Å²) in [5.41, 5.74) is 2.64. The first-order chi connectivity index (χ1) is 6.70. The number of nitrogens with zero attached hydrogens (tertiary/aromatic N) is 2. The van der Waals surface area contributed by atoms with Gasteiger partial charge in [-0.1, -0.05) is 45.2 Å². The third-order valence-corrected chi connectivity index (χ3v) is 3.07. The van der Waals surface area contributed by atoms with Crippen LogP contribution in [-0.4, -0.2) is 9.97 Å². The van der Waals surface area contributed by atoms with Crippen LogP contribution in [0.15, 0.2) is 18.2 Å². The third kappa shape index (κ3) is 1.85. The van der Waals surface area contributed by atoms with E-state index in [-0.39, 0.29) is 10.3 Å². The SMILES string of the molecule is Clc1nc2ccc(CBr)cc2nc1Cl. The van der Waals surface area contributed by atoms with Gasteiger partial charge < -0.3 is 0 Å². The van der Waals surface area contributed by atoms with Gasteiger partial charge in [0.05, 0.1) is 11.0 Å². The lowest BCUT2D eigenvalue weighted by molar-refractivity contribution is 1.28. The molecule has 0 aliphatic heterocycles. The van der Waals surface area contributed by atoms with E-state index in [9.17, 15) is 0 Å². The fourth-order valence-corrected chi connectivity index (χ4v) is 1.76. The summed E-state index contributed by atoms with van der Waals surface area (Å²) in [6.07, 6.45) is 0. The maximum Gasteiger partial charge on any atom is 0.167 e. The molecule has 1 heterocycles. The molecule has 0 spiro atoms. The van der Waals surface area contributed by atoms with Crippen molar-refractivity contribution in [3.05, 3.63) is 34.1 Å². The van der Waals surface area contributed by atoms with Crippen LogP contribution >= 0.6 is 39.1 Å². The minimum Gasteiger partial charge on any atom is -0.231 e. The third-order valence-electron chi connectivity index (χ3n) is 1.80. The minimum absolute atomic E-state index is 0.241. The number of alkyl halides is 1. The van der Waals surface area contributed by atoms with Crippen molar-refractivity contribution in [2.75, 3.05) is 0 Å². The molecule has 0 unspecified atom stereocenters. The first-order valence-corrected chi connectivity index (χ1v) is 5.76. The highest BCUT2D eigenvalue weighted by Crippen LogP contribution is 2.22. The Morgan fingerprint density at radius 1 is 1.07 bits per heavy atom. The van der Waals surface area contributed by atoms with Gasteiger partial charge in [-0.25, -0.2) is 9.97 Å². The normalized spacial score (nSPS) is 10.8. The van der Waals surface area contributed by atoms with Crippen molar-refractivity contribution in [2.45, 2.75) is 5.33 Å². The van der Waals surface area contributed by atoms with E-state index in [0.717, 1.165) is 21.9 Å². The average Bonchev–Trinajstić information content (AvgIpc) is 2.19. The number of hydrogen-bond acceptors (Lipinski definition) is 2. The molecule has 5 heteroatoms. The molecule has 0 fully saturated rings. The van der Waals surface area contributed by atoms with Gasteiger partial charge in [0.2, 0.25) is 0 Å². The first kappa shape index (κ1) is 10.1. The lowest BCUT2D eigenvalue weighted by Crippen LogP contribution is -1.88. The molecule has 0 bridgehead atoms. The zero-order valence-electron chi connectivity index (χ0n) is 6.97. The second-order valence-electron chi connectivity index (χ2n) is 2.76. The molecule has 1 aromatic heterocycles. The summed E-state index contributed by atoms with van der Waals surface area (Å²) < 4.78 is 0. The van der Waals surface area contributed by atoms with E-state index < -0.39 is 0 Å². The van der Waals surface area contributed by atoms with E-state index in [1.54, 1.807) is 0 Å². The monoisotopic (exact) mass is 290 g/mol. The van der Waals surface area contributed by atoms with E-state index in [1.807, 2.05) is 18.2 Å². The Morgan fingerprint density at radius 2 is 1.71 bits per heavy atom. The molecule has 0 atom stereocenters. The van der Waals surface area contributed by atoms with Crippen LogP contribution in [0.25, 0.3) is 11.0 Å². The van der Waals surface area contributed by atoms with Gasteiger partial charge in [-0.05, 0) is 17.7 Å². The number of aromatic nitrogens is 2. The van der Waals surface area contributed by atoms with Crippen molar-refractivity contribution in [2.24, 2.45) is 0 Å². The van der Waals surface area contributed by atoms with E-state index >= 15 is 0 Å². The standard InChI is InChI=1S/C9H5BrCl2N2/c10-4-5-1-2-6-7(3-5)14-9(12)8(11)13-6/h1-3H,4H2. The molecule has 0 N–H and O–H groups in total. The van der Waals surface area contributed by atoms with Crippen molar-refractivity contribution < 1.29 is 0 Å². The van der Waals surface area contributed by atoms with Crippen LogP contribution in [0.5, 0.6) is 0 Å². The molecule has 2 rings (SSSR count). The van der Waals surface area contributed by atoms with E-state index in [4.69, 9.17) is 23.2 Å². The first-order valence-electron chi connectivity index (χ1n) is 3.88. The number of hydrogen-bond donors (Lipinski definition) is 0. The highest BCUT2D eigenvalue weighted by Gasteiger charge is 2.04. The van der Waals surface area contributed by atoms with Crippen molar-refractivity contribution in [1.82, 2.24) is 9.97 Å². The minimum atomic E-state index is 0.241. The Bertz CT molecular complexity index is 487. The highest BCUT2D eigenvalue weighted by molar-refractivity contribution is 9.08. The van der Waals surface area contributed by atoms with Crippen LogP contribution in [0, 0.1) is 0 Å². The van der Waals surface area contributed by atoms with Gasteiger partial charge >= 0.3 is 0 Å². The summed E-state index contributed by atoms with van der Waals surface area (Å²) in [6.45, 7) is 0. The lowest BCUT2D eigenvalue weighted by Gasteiger charge is -2.01. The Balaban J connectivity index is 2.70. The van der Waals surface area contributed by atoms with E-state index in [2.05, 4.69) is 25.9 Å². The Kier molecular flexibility index (Phi) is 2.91. The molecule has 2 aromatic rings. The summed E-state index contributed by atoms with van der Waals surface area (Å²) in [5, 5.41) is 1.27. The Morgan fingerprint density at radius 3 is 2.36 bits per heavy atom. The molecule has 0 saturated carbocycles. The molecule has 0 aliphatic carbocycles. The number of halogens is 3. The largest absolute Gasteiger partial charge is 0.231 e. The smallest absolute Gasteiger partial charge is 0.167 e. The fraction of sp³-hybridized carbons (Fsp3) is 0.111. The van der Waals surface area contributed by atoms with Crippen LogP contribution < -0.4 is 0 Å². The zero-order chi connectivity index (χ0) is 10.1. The van der Waals surface area contributed by atoms with Crippen LogP contribution in [0.3, 0.4) is 0 Å². The summed E-state index contributed by atoms with van der Waals surface area (Å²) in [7, 11) is 0. The van der Waals surface area contributed by atoms with Crippen molar-refractivity contribution in [3.63, 3.8) is 0 Å². The van der Waals surface area contributed by atoms with E-state index in [1.165, 1.54) is 0 Å². The van der Waals surface area contributed by atoms with Crippen LogP contribution in [0.1, 0.15) is 5.56 Å².